The van der Waals surface area contributed by atoms with Crippen molar-refractivity contribution in [2.75, 3.05) is 24.3 Å². The summed E-state index contributed by atoms with van der Waals surface area (Å²) in [5.74, 6) is -1.05. The quantitative estimate of drug-likeness (QED) is 0.133. The highest BCUT2D eigenvalue weighted by Crippen LogP contribution is 2.36. The van der Waals surface area contributed by atoms with Crippen molar-refractivity contribution in [3.63, 3.8) is 0 Å². The molecule has 14 heteroatoms. The first-order valence-corrected chi connectivity index (χ1v) is 13.1. The van der Waals surface area contributed by atoms with Crippen LogP contribution >= 0.6 is 15.9 Å². The molecule has 41 heavy (non-hydrogen) atoms. The summed E-state index contributed by atoms with van der Waals surface area (Å²) in [5.41, 5.74) is -1.83. The first kappa shape index (κ1) is 31.6. The Bertz CT molecular complexity index is 1410. The maximum Gasteiger partial charge on any atom is 0.435 e. The standard InChI is InChI=1S/C27H28BrF4N5O4/c1-26(2,3)41-25(39)33-11-5-6-15-12-17(29)7-8-18(15)35-20-13-16(14-34-22(20)27(30,31)32)24(38)36-19-9-10-21(40-4)37-23(19)28/h7-10,12-14,35H,5-6,11H2,1-4H3,(H,33,39)(H,36,38). The Morgan fingerprint density at radius 3 is 2.37 bits per heavy atom. The number of carbonyl (C=O) groups excluding carboxylic acids is 2. The van der Waals surface area contributed by atoms with E-state index in [1.165, 1.54) is 31.4 Å². The molecule has 0 radical (unpaired) electrons. The Kier molecular flexibility index (Phi) is 10.1. The van der Waals surface area contributed by atoms with Crippen LogP contribution in [0.5, 0.6) is 5.88 Å². The van der Waals surface area contributed by atoms with Gasteiger partial charge in [0.1, 0.15) is 16.0 Å². The summed E-state index contributed by atoms with van der Waals surface area (Å²) in [5, 5.41) is 7.80. The fourth-order valence-electron chi connectivity index (χ4n) is 3.55. The number of hydrogen-bond acceptors (Lipinski definition) is 7. The molecule has 9 nitrogen and oxygen atoms in total. The number of methoxy groups -OCH3 is 1. The van der Waals surface area contributed by atoms with Crippen molar-refractivity contribution >= 4 is 45.0 Å². The molecule has 2 heterocycles. The highest BCUT2D eigenvalue weighted by Gasteiger charge is 2.36. The predicted molar refractivity (Wildman–Crippen MR) is 148 cm³/mol. The van der Waals surface area contributed by atoms with Crippen molar-refractivity contribution in [2.45, 2.75) is 45.4 Å². The van der Waals surface area contributed by atoms with Crippen molar-refractivity contribution in [3.8, 4) is 5.88 Å². The van der Waals surface area contributed by atoms with Crippen LogP contribution < -0.4 is 20.7 Å². The first-order chi connectivity index (χ1) is 19.2. The Hall–Kier alpha value is -3.94. The summed E-state index contributed by atoms with van der Waals surface area (Å²) >= 11 is 3.20. The van der Waals surface area contributed by atoms with E-state index in [4.69, 9.17) is 9.47 Å². The SMILES string of the molecule is COc1ccc(NC(=O)c2cnc(C(F)(F)F)c(Nc3ccc(F)cc3CCCNC(=O)OC(C)(C)C)c2)c(Br)n1. The van der Waals surface area contributed by atoms with Gasteiger partial charge in [0, 0.05) is 24.5 Å². The number of nitrogens with one attached hydrogen (secondary N) is 3. The van der Waals surface area contributed by atoms with E-state index >= 15 is 0 Å². The number of carbonyl (C=O) groups is 2. The zero-order valence-corrected chi connectivity index (χ0v) is 24.2. The third-order valence-corrected chi connectivity index (χ3v) is 5.93. The Labute approximate surface area is 242 Å². The lowest BCUT2D eigenvalue weighted by Gasteiger charge is -2.20. The molecule has 2 amide bonds. The minimum absolute atomic E-state index is 0.173. The van der Waals surface area contributed by atoms with Crippen LogP contribution in [0, 0.1) is 5.82 Å². The molecule has 0 saturated heterocycles. The molecule has 0 atom stereocenters. The Balaban J connectivity index is 1.82. The summed E-state index contributed by atoms with van der Waals surface area (Å²) in [6, 6.07) is 7.58. The van der Waals surface area contributed by atoms with E-state index in [-0.39, 0.29) is 40.4 Å². The van der Waals surface area contributed by atoms with Crippen LogP contribution in [-0.2, 0) is 17.3 Å². The van der Waals surface area contributed by atoms with Gasteiger partial charge < -0.3 is 25.4 Å². The molecule has 2 aromatic heterocycles. The fraction of sp³-hybridized carbons (Fsp3) is 0.333. The molecule has 3 rings (SSSR count). The van der Waals surface area contributed by atoms with E-state index in [9.17, 15) is 27.2 Å². The number of amides is 2. The van der Waals surface area contributed by atoms with E-state index in [1.54, 1.807) is 20.8 Å². The van der Waals surface area contributed by atoms with Crippen molar-refractivity contribution in [2.24, 2.45) is 0 Å². The van der Waals surface area contributed by atoms with Gasteiger partial charge in [0.2, 0.25) is 5.88 Å². The summed E-state index contributed by atoms with van der Waals surface area (Å²) in [6.07, 6.45) is -4.11. The first-order valence-electron chi connectivity index (χ1n) is 12.3. The van der Waals surface area contributed by atoms with Crippen LogP contribution in [0.1, 0.15) is 48.8 Å². The van der Waals surface area contributed by atoms with Crippen molar-refractivity contribution < 1.29 is 36.6 Å². The van der Waals surface area contributed by atoms with Gasteiger partial charge in [-0.1, -0.05) is 0 Å². The van der Waals surface area contributed by atoms with Crippen molar-refractivity contribution in [1.82, 2.24) is 15.3 Å². The average Bonchev–Trinajstić information content (AvgIpc) is 2.87. The van der Waals surface area contributed by atoms with Crippen molar-refractivity contribution in [3.05, 3.63) is 69.8 Å². The molecule has 0 unspecified atom stereocenters. The number of benzene rings is 1. The minimum atomic E-state index is -4.85. The van der Waals surface area contributed by atoms with Crippen molar-refractivity contribution in [1.29, 1.82) is 0 Å². The number of hydrogen-bond donors (Lipinski definition) is 3. The van der Waals surface area contributed by atoms with E-state index in [1.807, 2.05) is 0 Å². The van der Waals surface area contributed by atoms with Gasteiger partial charge in [-0.2, -0.15) is 13.2 Å². The number of alkyl halides is 3. The van der Waals surface area contributed by atoms with Crippen LogP contribution in [0.2, 0.25) is 0 Å². The molecule has 3 aromatic rings. The molecule has 1 aromatic carbocycles. The Morgan fingerprint density at radius 2 is 1.73 bits per heavy atom. The third kappa shape index (κ3) is 9.30. The summed E-state index contributed by atoms with van der Waals surface area (Å²) < 4.78 is 65.9. The highest BCUT2D eigenvalue weighted by atomic mass is 79.9. The number of aryl methyl sites for hydroxylation is 1. The van der Waals surface area contributed by atoms with Crippen LogP contribution in [0.4, 0.5) is 39.4 Å². The number of ether oxygens (including phenoxy) is 2. The lowest BCUT2D eigenvalue weighted by Crippen LogP contribution is -2.33. The van der Waals surface area contributed by atoms with Gasteiger partial charge in [0.25, 0.3) is 5.91 Å². The zero-order valence-electron chi connectivity index (χ0n) is 22.6. The molecule has 0 bridgehead atoms. The molecule has 0 fully saturated rings. The molecule has 0 aliphatic heterocycles. The number of nitrogens with zero attached hydrogens (tertiary/aromatic N) is 2. The monoisotopic (exact) mass is 641 g/mol. The molecule has 0 spiro atoms. The summed E-state index contributed by atoms with van der Waals surface area (Å²) in [6.45, 7) is 5.34. The van der Waals surface area contributed by atoms with E-state index < -0.39 is 41.0 Å². The van der Waals surface area contributed by atoms with Crippen LogP contribution in [-0.4, -0.2) is 41.2 Å². The van der Waals surface area contributed by atoms with Gasteiger partial charge in [0.15, 0.2) is 5.69 Å². The summed E-state index contributed by atoms with van der Waals surface area (Å²) in [4.78, 5) is 32.3. The number of pyridine rings is 2. The second kappa shape index (κ2) is 13.1. The summed E-state index contributed by atoms with van der Waals surface area (Å²) in [7, 11) is 1.42. The smallest absolute Gasteiger partial charge is 0.435 e. The van der Waals surface area contributed by atoms with Crippen LogP contribution in [0.3, 0.4) is 0 Å². The average molecular weight is 642 g/mol. The molecule has 0 aliphatic carbocycles. The van der Waals surface area contributed by atoms with E-state index in [0.29, 0.717) is 12.0 Å². The molecule has 3 N–H and O–H groups in total. The lowest BCUT2D eigenvalue weighted by molar-refractivity contribution is -0.140. The van der Waals surface area contributed by atoms with Gasteiger partial charge in [0.05, 0.1) is 24.0 Å². The topological polar surface area (TPSA) is 114 Å². The minimum Gasteiger partial charge on any atom is -0.481 e. The second-order valence-electron chi connectivity index (χ2n) is 9.72. The largest absolute Gasteiger partial charge is 0.481 e. The van der Waals surface area contributed by atoms with Gasteiger partial charge in [-0.05, 0) is 85.4 Å². The molecular formula is C27H28BrF4N5O4. The van der Waals surface area contributed by atoms with E-state index in [2.05, 4.69) is 41.8 Å². The van der Waals surface area contributed by atoms with Gasteiger partial charge in [-0.15, -0.1) is 0 Å². The van der Waals surface area contributed by atoms with Crippen LogP contribution in [0.15, 0.2) is 47.2 Å². The fourth-order valence-corrected chi connectivity index (χ4v) is 3.95. The number of anilines is 3. The number of rotatable bonds is 9. The maximum atomic E-state index is 14.1. The molecule has 220 valence electrons. The van der Waals surface area contributed by atoms with Gasteiger partial charge in [-0.25, -0.2) is 19.2 Å². The molecular weight excluding hydrogens is 614 g/mol. The number of aromatic nitrogens is 2. The Morgan fingerprint density at radius 1 is 1.02 bits per heavy atom. The molecule has 0 saturated carbocycles. The predicted octanol–water partition coefficient (Wildman–Crippen LogP) is 6.86. The second-order valence-corrected chi connectivity index (χ2v) is 10.5. The normalized spacial score (nSPS) is 11.5. The van der Waals surface area contributed by atoms with Gasteiger partial charge >= 0.3 is 12.3 Å². The van der Waals surface area contributed by atoms with E-state index in [0.717, 1.165) is 18.3 Å². The molecule has 0 aliphatic rings. The highest BCUT2D eigenvalue weighted by molar-refractivity contribution is 9.10. The maximum absolute atomic E-state index is 14.1. The third-order valence-electron chi connectivity index (χ3n) is 5.33. The van der Waals surface area contributed by atoms with Crippen LogP contribution in [0.25, 0.3) is 0 Å². The zero-order chi connectivity index (χ0) is 30.4. The lowest BCUT2D eigenvalue weighted by atomic mass is 10.1. The number of alkyl carbamates (subject to hydrolysis) is 1. The number of halogens is 5. The van der Waals surface area contributed by atoms with Gasteiger partial charge in [-0.3, -0.25) is 4.79 Å².